The van der Waals surface area contributed by atoms with Crippen molar-refractivity contribution in [3.05, 3.63) is 29.8 Å². The van der Waals surface area contributed by atoms with Crippen LogP contribution < -0.4 is 16.0 Å². The molecule has 22 heavy (non-hydrogen) atoms. The van der Waals surface area contributed by atoms with Crippen LogP contribution in [0.25, 0.3) is 0 Å². The van der Waals surface area contributed by atoms with Crippen molar-refractivity contribution in [3.63, 3.8) is 0 Å². The second-order valence-electron chi connectivity index (χ2n) is 5.89. The van der Waals surface area contributed by atoms with E-state index in [-0.39, 0.29) is 36.0 Å². The number of benzene rings is 1. The maximum Gasteiger partial charge on any atom is 0.230 e. The maximum absolute atomic E-state index is 12.0. The van der Waals surface area contributed by atoms with Crippen LogP contribution in [0, 0.1) is 11.8 Å². The molecule has 1 aromatic carbocycles. The molecule has 116 valence electrons. The lowest BCUT2D eigenvalue weighted by atomic mass is 9.98. The van der Waals surface area contributed by atoms with Crippen molar-refractivity contribution in [2.24, 2.45) is 11.8 Å². The molecule has 3 rings (SSSR count). The van der Waals surface area contributed by atoms with E-state index >= 15 is 0 Å². The Morgan fingerprint density at radius 3 is 2.59 bits per heavy atom. The zero-order chi connectivity index (χ0) is 15.5. The lowest BCUT2D eigenvalue weighted by Gasteiger charge is -2.11. The van der Waals surface area contributed by atoms with Gasteiger partial charge < -0.3 is 10.6 Å². The van der Waals surface area contributed by atoms with E-state index in [4.69, 9.17) is 0 Å². The van der Waals surface area contributed by atoms with Crippen molar-refractivity contribution in [2.45, 2.75) is 19.3 Å². The largest absolute Gasteiger partial charge is 0.326 e. The first-order chi connectivity index (χ1) is 10.6. The molecule has 0 spiro atoms. The van der Waals surface area contributed by atoms with E-state index in [0.29, 0.717) is 6.42 Å². The van der Waals surface area contributed by atoms with Gasteiger partial charge in [-0.05, 0) is 37.1 Å². The first-order valence-electron chi connectivity index (χ1n) is 7.56. The first kappa shape index (κ1) is 14.7. The number of carbonyl (C=O) groups is 3. The summed E-state index contributed by atoms with van der Waals surface area (Å²) in [6, 6.07) is 7.45. The molecule has 3 amide bonds. The Labute approximate surface area is 128 Å². The molecule has 6 nitrogen and oxygen atoms in total. The van der Waals surface area contributed by atoms with Crippen molar-refractivity contribution in [1.82, 2.24) is 10.6 Å². The number of rotatable bonds is 4. The Bertz CT molecular complexity index is 591. The number of nitrogens with one attached hydrogen (secondary N) is 3. The van der Waals surface area contributed by atoms with Crippen molar-refractivity contribution in [1.29, 1.82) is 0 Å². The highest BCUT2D eigenvalue weighted by Crippen LogP contribution is 2.19. The number of hydrogen-bond acceptors (Lipinski definition) is 4. The third-order valence-electron chi connectivity index (χ3n) is 4.20. The fourth-order valence-electron chi connectivity index (χ4n) is 2.90. The second kappa shape index (κ2) is 6.27. The van der Waals surface area contributed by atoms with Gasteiger partial charge in [0.15, 0.2) is 0 Å². The van der Waals surface area contributed by atoms with Gasteiger partial charge in [-0.15, -0.1) is 0 Å². The van der Waals surface area contributed by atoms with Gasteiger partial charge in [0.05, 0.1) is 11.8 Å². The van der Waals surface area contributed by atoms with Gasteiger partial charge in [0.1, 0.15) is 0 Å². The normalized spacial score (nSPS) is 24.4. The van der Waals surface area contributed by atoms with Crippen molar-refractivity contribution in [3.8, 4) is 0 Å². The molecular weight excluding hydrogens is 282 g/mol. The lowest BCUT2D eigenvalue weighted by molar-refractivity contribution is -0.126. The zero-order valence-corrected chi connectivity index (χ0v) is 12.2. The molecule has 2 atom stereocenters. The third kappa shape index (κ3) is 3.33. The molecular formula is C16H19N3O3. The molecule has 0 aromatic heterocycles. The summed E-state index contributed by atoms with van der Waals surface area (Å²) in [7, 11) is 0. The summed E-state index contributed by atoms with van der Waals surface area (Å²) in [5.74, 6) is -0.607. The van der Waals surface area contributed by atoms with E-state index in [1.165, 1.54) is 0 Å². The maximum atomic E-state index is 12.0. The Balaban J connectivity index is 1.57. The first-order valence-corrected chi connectivity index (χ1v) is 7.56. The molecule has 2 unspecified atom stereocenters. The minimum atomic E-state index is -0.280. The Kier molecular flexibility index (Phi) is 4.20. The summed E-state index contributed by atoms with van der Waals surface area (Å²) in [6.45, 7) is 1.62. The van der Waals surface area contributed by atoms with Gasteiger partial charge in [-0.2, -0.15) is 0 Å². The molecule has 1 aromatic rings. The third-order valence-corrected chi connectivity index (χ3v) is 4.20. The van der Waals surface area contributed by atoms with Crippen molar-refractivity contribution < 1.29 is 14.4 Å². The minimum absolute atomic E-state index is 0.0351. The molecule has 0 radical (unpaired) electrons. The van der Waals surface area contributed by atoms with Crippen molar-refractivity contribution >= 4 is 23.4 Å². The summed E-state index contributed by atoms with van der Waals surface area (Å²) in [4.78, 5) is 34.7. The molecule has 0 bridgehead atoms. The average Bonchev–Trinajstić information content (AvgIpc) is 3.12. The van der Waals surface area contributed by atoms with Crippen LogP contribution in [0.2, 0.25) is 0 Å². The number of anilines is 1. The summed E-state index contributed by atoms with van der Waals surface area (Å²) in [5.41, 5.74) is 1.74. The molecule has 3 N–H and O–H groups in total. The monoisotopic (exact) mass is 301 g/mol. The molecule has 2 fully saturated rings. The molecule has 0 aliphatic carbocycles. The lowest BCUT2D eigenvalue weighted by Crippen LogP contribution is -2.24. The fraction of sp³-hybridized carbons (Fsp3) is 0.438. The zero-order valence-electron chi connectivity index (χ0n) is 12.2. The second-order valence-corrected chi connectivity index (χ2v) is 5.89. The van der Waals surface area contributed by atoms with Gasteiger partial charge >= 0.3 is 0 Å². The van der Waals surface area contributed by atoms with Crippen LogP contribution in [0.4, 0.5) is 5.69 Å². The van der Waals surface area contributed by atoms with E-state index < -0.39 is 0 Å². The van der Waals surface area contributed by atoms with Gasteiger partial charge in [0.2, 0.25) is 17.7 Å². The van der Waals surface area contributed by atoms with Crippen LogP contribution in [0.1, 0.15) is 18.4 Å². The van der Waals surface area contributed by atoms with Crippen LogP contribution in [-0.4, -0.2) is 30.8 Å². The number of amides is 3. The van der Waals surface area contributed by atoms with Crippen LogP contribution in [0.15, 0.2) is 24.3 Å². The fourth-order valence-corrected chi connectivity index (χ4v) is 2.90. The molecule has 2 saturated heterocycles. The molecule has 2 heterocycles. The van der Waals surface area contributed by atoms with E-state index in [2.05, 4.69) is 16.0 Å². The smallest absolute Gasteiger partial charge is 0.230 e. The molecule has 2 aliphatic rings. The van der Waals surface area contributed by atoms with E-state index in [0.717, 1.165) is 30.8 Å². The van der Waals surface area contributed by atoms with Gasteiger partial charge in [0, 0.05) is 18.7 Å². The number of carbonyl (C=O) groups excluding carboxylic acids is 3. The topological polar surface area (TPSA) is 87.3 Å². The number of imide groups is 1. The van der Waals surface area contributed by atoms with Crippen LogP contribution in [0.5, 0.6) is 0 Å². The highest BCUT2D eigenvalue weighted by atomic mass is 16.2. The summed E-state index contributed by atoms with van der Waals surface area (Å²) < 4.78 is 0. The van der Waals surface area contributed by atoms with Crippen LogP contribution in [0.3, 0.4) is 0 Å². The Morgan fingerprint density at radius 2 is 2.00 bits per heavy atom. The minimum Gasteiger partial charge on any atom is -0.326 e. The van der Waals surface area contributed by atoms with Crippen LogP contribution >= 0.6 is 0 Å². The standard InChI is InChI=1S/C16H19N3O3/c20-14-8-12(16(22)19-14)7-10-1-3-13(4-2-10)18-15(21)11-5-6-17-9-11/h1-4,11-12,17H,5-9H2,(H,18,21)(H,19,20,22). The average molecular weight is 301 g/mol. The SMILES string of the molecule is O=C1CC(Cc2ccc(NC(=O)C3CCNC3)cc2)C(=O)N1. The number of hydrogen-bond donors (Lipinski definition) is 3. The van der Waals surface area contributed by atoms with Crippen molar-refractivity contribution in [2.75, 3.05) is 18.4 Å². The summed E-state index contributed by atoms with van der Waals surface area (Å²) >= 11 is 0. The summed E-state index contributed by atoms with van der Waals surface area (Å²) in [6.07, 6.45) is 1.67. The van der Waals surface area contributed by atoms with E-state index in [1.807, 2.05) is 24.3 Å². The van der Waals surface area contributed by atoms with E-state index in [1.54, 1.807) is 0 Å². The molecule has 6 heteroatoms. The summed E-state index contributed by atoms with van der Waals surface area (Å²) in [5, 5.41) is 8.39. The Hall–Kier alpha value is -2.21. The van der Waals surface area contributed by atoms with Gasteiger partial charge in [-0.1, -0.05) is 12.1 Å². The van der Waals surface area contributed by atoms with Gasteiger partial charge in [0.25, 0.3) is 0 Å². The van der Waals surface area contributed by atoms with E-state index in [9.17, 15) is 14.4 Å². The quantitative estimate of drug-likeness (QED) is 0.704. The van der Waals surface area contributed by atoms with Gasteiger partial charge in [-0.25, -0.2) is 0 Å². The predicted molar refractivity (Wildman–Crippen MR) is 81.0 cm³/mol. The van der Waals surface area contributed by atoms with Gasteiger partial charge in [-0.3, -0.25) is 19.7 Å². The highest BCUT2D eigenvalue weighted by molar-refractivity contribution is 6.03. The molecule has 2 aliphatic heterocycles. The predicted octanol–water partition coefficient (Wildman–Crippen LogP) is 0.440. The Morgan fingerprint density at radius 1 is 1.23 bits per heavy atom. The van der Waals surface area contributed by atoms with Crippen LogP contribution in [-0.2, 0) is 20.8 Å². The highest BCUT2D eigenvalue weighted by Gasteiger charge is 2.30. The molecule has 0 saturated carbocycles.